The number of nitriles is 1. The second-order valence-corrected chi connectivity index (χ2v) is 7.98. The van der Waals surface area contributed by atoms with Gasteiger partial charge in [0.15, 0.2) is 0 Å². The van der Waals surface area contributed by atoms with Gasteiger partial charge >= 0.3 is 0 Å². The standard InChI is InChI=1S/C19H20FN3O3S/c20-19-7-6-18(14-16(19)15-21)27(24,25)23(17-4-2-1-3-5-17)9-8-22-10-12-26-13-11-22/h1-7,14H,8-13H2. The van der Waals surface area contributed by atoms with Gasteiger partial charge in [-0.2, -0.15) is 5.26 Å². The number of anilines is 1. The van der Waals surface area contributed by atoms with Crippen LogP contribution in [-0.2, 0) is 14.8 Å². The second kappa shape index (κ2) is 8.48. The smallest absolute Gasteiger partial charge is 0.264 e. The summed E-state index contributed by atoms with van der Waals surface area (Å²) in [6.45, 7) is 3.54. The molecule has 0 saturated carbocycles. The third-order valence-corrected chi connectivity index (χ3v) is 6.24. The maximum Gasteiger partial charge on any atom is 0.264 e. The SMILES string of the molecule is N#Cc1cc(S(=O)(=O)N(CCN2CCOCC2)c2ccccc2)ccc1F. The highest BCUT2D eigenvalue weighted by molar-refractivity contribution is 7.92. The van der Waals surface area contributed by atoms with E-state index in [1.165, 1.54) is 10.4 Å². The number of hydrogen-bond donors (Lipinski definition) is 0. The van der Waals surface area contributed by atoms with Crippen LogP contribution in [0.15, 0.2) is 53.4 Å². The molecule has 0 unspecified atom stereocenters. The summed E-state index contributed by atoms with van der Waals surface area (Å²) in [6.07, 6.45) is 0. The lowest BCUT2D eigenvalue weighted by Gasteiger charge is -2.30. The van der Waals surface area contributed by atoms with Crippen LogP contribution >= 0.6 is 0 Å². The van der Waals surface area contributed by atoms with Gasteiger partial charge in [0, 0.05) is 26.2 Å². The molecule has 1 aliphatic heterocycles. The summed E-state index contributed by atoms with van der Waals surface area (Å²) in [7, 11) is -3.95. The normalized spacial score (nSPS) is 15.3. The molecule has 0 bridgehead atoms. The predicted molar refractivity (Wildman–Crippen MR) is 99.3 cm³/mol. The van der Waals surface area contributed by atoms with Crippen LogP contribution in [0.2, 0.25) is 0 Å². The molecular weight excluding hydrogens is 369 g/mol. The van der Waals surface area contributed by atoms with Gasteiger partial charge in [0.25, 0.3) is 10.0 Å². The first-order valence-electron chi connectivity index (χ1n) is 8.60. The Morgan fingerprint density at radius 1 is 1.15 bits per heavy atom. The zero-order chi connectivity index (χ0) is 19.3. The first kappa shape index (κ1) is 19.3. The van der Waals surface area contributed by atoms with E-state index in [0.29, 0.717) is 25.4 Å². The molecule has 27 heavy (non-hydrogen) atoms. The van der Waals surface area contributed by atoms with Crippen molar-refractivity contribution in [3.63, 3.8) is 0 Å². The molecule has 0 amide bonds. The second-order valence-electron chi connectivity index (χ2n) is 6.12. The molecule has 1 saturated heterocycles. The number of para-hydroxylation sites is 1. The van der Waals surface area contributed by atoms with Gasteiger partial charge in [-0.3, -0.25) is 9.21 Å². The number of halogens is 1. The Kier molecular flexibility index (Phi) is 6.06. The van der Waals surface area contributed by atoms with Gasteiger partial charge < -0.3 is 4.74 Å². The predicted octanol–water partition coefficient (Wildman–Crippen LogP) is 2.22. The van der Waals surface area contributed by atoms with E-state index < -0.39 is 15.8 Å². The van der Waals surface area contributed by atoms with E-state index in [1.807, 2.05) is 6.07 Å². The summed E-state index contributed by atoms with van der Waals surface area (Å²) in [4.78, 5) is 2.03. The fraction of sp³-hybridized carbons (Fsp3) is 0.316. The van der Waals surface area contributed by atoms with Crippen LogP contribution in [-0.4, -0.2) is 52.7 Å². The molecule has 2 aromatic carbocycles. The molecular formula is C19H20FN3O3S. The van der Waals surface area contributed by atoms with Gasteiger partial charge in [-0.05, 0) is 30.3 Å². The number of sulfonamides is 1. The highest BCUT2D eigenvalue weighted by Gasteiger charge is 2.26. The van der Waals surface area contributed by atoms with Crippen molar-refractivity contribution in [1.29, 1.82) is 5.26 Å². The zero-order valence-electron chi connectivity index (χ0n) is 14.7. The minimum atomic E-state index is -3.95. The lowest BCUT2D eigenvalue weighted by atomic mass is 10.2. The van der Waals surface area contributed by atoms with Gasteiger partial charge in [-0.25, -0.2) is 12.8 Å². The van der Waals surface area contributed by atoms with E-state index >= 15 is 0 Å². The van der Waals surface area contributed by atoms with Gasteiger partial charge in [0.1, 0.15) is 11.9 Å². The summed E-state index contributed by atoms with van der Waals surface area (Å²) in [5, 5.41) is 9.02. The Labute approximate surface area is 158 Å². The minimum absolute atomic E-state index is 0.105. The molecule has 0 aromatic heterocycles. The molecule has 2 aromatic rings. The van der Waals surface area contributed by atoms with Crippen LogP contribution in [0.1, 0.15) is 5.56 Å². The number of morpholine rings is 1. The lowest BCUT2D eigenvalue weighted by Crippen LogP contribution is -2.43. The van der Waals surface area contributed by atoms with E-state index in [4.69, 9.17) is 10.00 Å². The highest BCUT2D eigenvalue weighted by atomic mass is 32.2. The quantitative estimate of drug-likeness (QED) is 0.757. The molecule has 142 valence electrons. The van der Waals surface area contributed by atoms with Gasteiger partial charge in [-0.1, -0.05) is 18.2 Å². The summed E-state index contributed by atoms with van der Waals surface area (Å²) < 4.78 is 46.7. The number of rotatable bonds is 6. The topological polar surface area (TPSA) is 73.6 Å². The first-order chi connectivity index (χ1) is 13.0. The van der Waals surface area contributed by atoms with Gasteiger partial charge in [-0.15, -0.1) is 0 Å². The molecule has 3 rings (SSSR count). The fourth-order valence-electron chi connectivity index (χ4n) is 2.92. The Morgan fingerprint density at radius 3 is 2.52 bits per heavy atom. The van der Waals surface area contributed by atoms with Gasteiger partial charge in [0.2, 0.25) is 0 Å². The molecule has 1 aliphatic rings. The van der Waals surface area contributed by atoms with Crippen molar-refractivity contribution in [3.05, 3.63) is 59.9 Å². The maximum atomic E-state index is 13.6. The van der Waals surface area contributed by atoms with E-state index in [-0.39, 0.29) is 17.0 Å². The molecule has 8 heteroatoms. The molecule has 1 heterocycles. The molecule has 0 atom stereocenters. The van der Waals surface area contributed by atoms with Crippen LogP contribution in [0.3, 0.4) is 0 Å². The highest BCUT2D eigenvalue weighted by Crippen LogP contribution is 2.25. The van der Waals surface area contributed by atoms with E-state index in [1.54, 1.807) is 30.3 Å². The average Bonchev–Trinajstić information content (AvgIpc) is 2.70. The van der Waals surface area contributed by atoms with Crippen LogP contribution < -0.4 is 4.31 Å². The third kappa shape index (κ3) is 4.45. The van der Waals surface area contributed by atoms with E-state index in [2.05, 4.69) is 4.90 Å². The van der Waals surface area contributed by atoms with Crippen molar-refractivity contribution in [2.45, 2.75) is 4.90 Å². The molecule has 0 aliphatic carbocycles. The first-order valence-corrected chi connectivity index (χ1v) is 10.0. The summed E-state index contributed by atoms with van der Waals surface area (Å²) in [6, 6.07) is 13.7. The van der Waals surface area contributed by atoms with Crippen molar-refractivity contribution in [2.24, 2.45) is 0 Å². The molecule has 0 spiro atoms. The van der Waals surface area contributed by atoms with Crippen LogP contribution in [0.25, 0.3) is 0 Å². The monoisotopic (exact) mass is 389 g/mol. The Hall–Kier alpha value is -2.47. The number of hydrogen-bond acceptors (Lipinski definition) is 5. The molecule has 0 N–H and O–H groups in total. The van der Waals surface area contributed by atoms with Crippen molar-refractivity contribution >= 4 is 15.7 Å². The van der Waals surface area contributed by atoms with E-state index in [9.17, 15) is 12.8 Å². The fourth-order valence-corrected chi connectivity index (χ4v) is 4.40. The minimum Gasteiger partial charge on any atom is -0.379 e. The van der Waals surface area contributed by atoms with Crippen LogP contribution in [0.5, 0.6) is 0 Å². The number of ether oxygens (including phenoxy) is 1. The molecule has 6 nitrogen and oxygen atoms in total. The Balaban J connectivity index is 1.92. The number of nitrogens with zero attached hydrogens (tertiary/aromatic N) is 3. The van der Waals surface area contributed by atoms with Crippen LogP contribution in [0, 0.1) is 17.1 Å². The molecule has 1 fully saturated rings. The maximum absolute atomic E-state index is 13.6. The van der Waals surface area contributed by atoms with Crippen LogP contribution in [0.4, 0.5) is 10.1 Å². The zero-order valence-corrected chi connectivity index (χ0v) is 15.5. The lowest BCUT2D eigenvalue weighted by molar-refractivity contribution is 0.0395. The summed E-state index contributed by atoms with van der Waals surface area (Å²) in [5.41, 5.74) is 0.228. The van der Waals surface area contributed by atoms with Crippen molar-refractivity contribution in [3.8, 4) is 6.07 Å². The van der Waals surface area contributed by atoms with E-state index in [0.717, 1.165) is 25.2 Å². The largest absolute Gasteiger partial charge is 0.379 e. The molecule has 0 radical (unpaired) electrons. The Bertz CT molecular complexity index is 923. The van der Waals surface area contributed by atoms with Crippen molar-refractivity contribution in [1.82, 2.24) is 4.90 Å². The summed E-state index contributed by atoms with van der Waals surface area (Å²) in [5.74, 6) is -0.740. The van der Waals surface area contributed by atoms with Gasteiger partial charge in [0.05, 0.1) is 29.4 Å². The average molecular weight is 389 g/mol. The number of benzene rings is 2. The van der Waals surface area contributed by atoms with Crippen molar-refractivity contribution in [2.75, 3.05) is 43.7 Å². The third-order valence-electron chi connectivity index (χ3n) is 4.41. The van der Waals surface area contributed by atoms with Crippen molar-refractivity contribution < 1.29 is 17.5 Å². The summed E-state index contributed by atoms with van der Waals surface area (Å²) >= 11 is 0. The Morgan fingerprint density at radius 2 is 1.85 bits per heavy atom.